The highest BCUT2D eigenvalue weighted by molar-refractivity contribution is 5.79. The molecule has 0 N–H and O–H groups in total. The molecule has 0 unspecified atom stereocenters. The van der Waals surface area contributed by atoms with Crippen LogP contribution in [0.2, 0.25) is 0 Å². The molecule has 0 aliphatic rings. The smallest absolute Gasteiger partial charge is 0.315 e. The van der Waals surface area contributed by atoms with E-state index in [1.54, 1.807) is 24.3 Å². The SMILES string of the molecule is CC(C)[C@H](C(=O)O[C@H](C#N)c1cccc(Oc2ccccc2)c1)c1ccccc1. The van der Waals surface area contributed by atoms with Crippen LogP contribution in [0.15, 0.2) is 84.9 Å². The van der Waals surface area contributed by atoms with E-state index in [4.69, 9.17) is 9.47 Å². The van der Waals surface area contributed by atoms with Gasteiger partial charge in [0.1, 0.15) is 17.6 Å². The largest absolute Gasteiger partial charge is 0.457 e. The van der Waals surface area contributed by atoms with Crippen LogP contribution in [0.25, 0.3) is 0 Å². The Morgan fingerprint density at radius 1 is 0.828 bits per heavy atom. The maximum atomic E-state index is 12.9. The third-order valence-electron chi connectivity index (χ3n) is 4.57. The lowest BCUT2D eigenvalue weighted by Crippen LogP contribution is -2.22. The van der Waals surface area contributed by atoms with E-state index in [0.29, 0.717) is 17.1 Å². The number of para-hydroxylation sites is 1. The van der Waals surface area contributed by atoms with Crippen LogP contribution in [0.3, 0.4) is 0 Å². The summed E-state index contributed by atoms with van der Waals surface area (Å²) < 4.78 is 11.4. The van der Waals surface area contributed by atoms with Crippen LogP contribution >= 0.6 is 0 Å². The zero-order chi connectivity index (χ0) is 20.6. The van der Waals surface area contributed by atoms with Gasteiger partial charge >= 0.3 is 5.97 Å². The third kappa shape index (κ3) is 5.24. The number of nitrogens with zero attached hydrogens (tertiary/aromatic N) is 1. The summed E-state index contributed by atoms with van der Waals surface area (Å²) >= 11 is 0. The van der Waals surface area contributed by atoms with Crippen LogP contribution in [0.4, 0.5) is 0 Å². The first-order chi connectivity index (χ1) is 14.1. The summed E-state index contributed by atoms with van der Waals surface area (Å²) in [5, 5.41) is 9.63. The molecule has 0 fully saturated rings. The number of nitriles is 1. The van der Waals surface area contributed by atoms with Crippen molar-refractivity contribution in [2.24, 2.45) is 5.92 Å². The highest BCUT2D eigenvalue weighted by Gasteiger charge is 2.28. The summed E-state index contributed by atoms with van der Waals surface area (Å²) in [7, 11) is 0. The normalized spacial score (nSPS) is 12.6. The number of rotatable bonds is 7. The molecular weight excluding hydrogens is 362 g/mol. The minimum atomic E-state index is -1.01. The van der Waals surface area contributed by atoms with Crippen molar-refractivity contribution in [3.05, 3.63) is 96.1 Å². The lowest BCUT2D eigenvalue weighted by molar-refractivity contribution is -0.150. The fourth-order valence-corrected chi connectivity index (χ4v) is 3.18. The zero-order valence-electron chi connectivity index (χ0n) is 16.5. The van der Waals surface area contributed by atoms with Gasteiger partial charge in [-0.05, 0) is 35.7 Å². The Labute approximate surface area is 171 Å². The molecule has 0 spiro atoms. The third-order valence-corrected chi connectivity index (χ3v) is 4.57. The molecule has 29 heavy (non-hydrogen) atoms. The predicted octanol–water partition coefficient (Wildman–Crippen LogP) is 6.03. The van der Waals surface area contributed by atoms with E-state index in [0.717, 1.165) is 5.56 Å². The first kappa shape index (κ1) is 20.2. The molecule has 0 amide bonds. The number of carbonyl (C=O) groups excluding carboxylic acids is 1. The van der Waals surface area contributed by atoms with Gasteiger partial charge in [-0.1, -0.05) is 74.5 Å². The number of ether oxygens (including phenoxy) is 2. The summed E-state index contributed by atoms with van der Waals surface area (Å²) in [6.07, 6.45) is -1.01. The maximum absolute atomic E-state index is 12.9. The van der Waals surface area contributed by atoms with Gasteiger partial charge in [-0.3, -0.25) is 4.79 Å². The van der Waals surface area contributed by atoms with Crippen molar-refractivity contribution < 1.29 is 14.3 Å². The first-order valence-corrected chi connectivity index (χ1v) is 9.56. The van der Waals surface area contributed by atoms with Crippen molar-refractivity contribution in [2.75, 3.05) is 0 Å². The van der Waals surface area contributed by atoms with Crippen molar-refractivity contribution >= 4 is 5.97 Å². The summed E-state index contributed by atoms with van der Waals surface area (Å²) in [5.41, 5.74) is 1.45. The summed E-state index contributed by atoms with van der Waals surface area (Å²) in [5.74, 6) is 0.465. The Morgan fingerprint density at radius 2 is 1.41 bits per heavy atom. The van der Waals surface area contributed by atoms with Crippen molar-refractivity contribution in [3.63, 3.8) is 0 Å². The lowest BCUT2D eigenvalue weighted by Gasteiger charge is -2.22. The van der Waals surface area contributed by atoms with Crippen LogP contribution in [0.1, 0.15) is 37.0 Å². The van der Waals surface area contributed by atoms with Crippen LogP contribution < -0.4 is 4.74 Å². The summed E-state index contributed by atoms with van der Waals surface area (Å²) in [6.45, 7) is 3.93. The quantitative estimate of drug-likeness (QED) is 0.466. The molecular formula is C25H23NO3. The number of hydrogen-bond donors (Lipinski definition) is 0. The molecule has 0 aliphatic carbocycles. The van der Waals surface area contributed by atoms with Crippen molar-refractivity contribution in [1.82, 2.24) is 0 Å². The minimum Gasteiger partial charge on any atom is -0.457 e. The molecule has 0 bridgehead atoms. The molecule has 4 heteroatoms. The number of carbonyl (C=O) groups is 1. The lowest BCUT2D eigenvalue weighted by atomic mass is 9.88. The van der Waals surface area contributed by atoms with Gasteiger partial charge in [-0.2, -0.15) is 5.26 Å². The Hall–Kier alpha value is -3.58. The van der Waals surface area contributed by atoms with E-state index in [2.05, 4.69) is 6.07 Å². The first-order valence-electron chi connectivity index (χ1n) is 9.56. The molecule has 0 aromatic heterocycles. The van der Waals surface area contributed by atoms with Gasteiger partial charge in [0.25, 0.3) is 0 Å². The predicted molar refractivity (Wildman–Crippen MR) is 111 cm³/mol. The molecule has 0 saturated heterocycles. The second-order valence-corrected chi connectivity index (χ2v) is 7.07. The van der Waals surface area contributed by atoms with Crippen LogP contribution in [-0.4, -0.2) is 5.97 Å². The second-order valence-electron chi connectivity index (χ2n) is 7.07. The molecule has 0 heterocycles. The second kappa shape index (κ2) is 9.57. The van der Waals surface area contributed by atoms with Crippen molar-refractivity contribution in [2.45, 2.75) is 25.9 Å². The Bertz CT molecular complexity index is 978. The van der Waals surface area contributed by atoms with Crippen LogP contribution in [-0.2, 0) is 9.53 Å². The Kier molecular flexibility index (Phi) is 6.65. The fraction of sp³-hybridized carbons (Fsp3) is 0.200. The summed E-state index contributed by atoms with van der Waals surface area (Å²) in [4.78, 5) is 12.9. The Balaban J connectivity index is 1.78. The van der Waals surface area contributed by atoms with Gasteiger partial charge in [-0.15, -0.1) is 0 Å². The van der Waals surface area contributed by atoms with E-state index < -0.39 is 18.0 Å². The van der Waals surface area contributed by atoms with Gasteiger partial charge < -0.3 is 9.47 Å². The minimum absolute atomic E-state index is 0.0389. The van der Waals surface area contributed by atoms with Gasteiger partial charge in [0.2, 0.25) is 6.10 Å². The average molecular weight is 385 g/mol. The van der Waals surface area contributed by atoms with Crippen molar-refractivity contribution in [3.8, 4) is 17.6 Å². The Morgan fingerprint density at radius 3 is 2.03 bits per heavy atom. The molecule has 146 valence electrons. The molecule has 0 saturated carbocycles. The van der Waals surface area contributed by atoms with E-state index in [1.165, 1.54) is 0 Å². The van der Waals surface area contributed by atoms with Gasteiger partial charge in [0, 0.05) is 5.56 Å². The molecule has 0 radical (unpaired) electrons. The van der Waals surface area contributed by atoms with E-state index in [-0.39, 0.29) is 5.92 Å². The number of benzene rings is 3. The molecule has 0 aliphatic heterocycles. The molecule has 3 aromatic carbocycles. The molecule has 2 atom stereocenters. The molecule has 3 aromatic rings. The monoisotopic (exact) mass is 385 g/mol. The maximum Gasteiger partial charge on any atom is 0.315 e. The molecule has 3 rings (SSSR count). The number of hydrogen-bond acceptors (Lipinski definition) is 4. The van der Waals surface area contributed by atoms with Crippen LogP contribution in [0.5, 0.6) is 11.5 Å². The average Bonchev–Trinajstić information content (AvgIpc) is 2.73. The summed E-state index contributed by atoms with van der Waals surface area (Å²) in [6, 6.07) is 28.0. The van der Waals surface area contributed by atoms with Gasteiger partial charge in [0.05, 0.1) is 5.92 Å². The van der Waals surface area contributed by atoms with Crippen molar-refractivity contribution in [1.29, 1.82) is 5.26 Å². The van der Waals surface area contributed by atoms with Gasteiger partial charge in [-0.25, -0.2) is 0 Å². The fourth-order valence-electron chi connectivity index (χ4n) is 3.18. The standard InChI is InChI=1S/C25H23NO3/c1-18(2)24(19-10-5-3-6-11-19)25(27)29-23(17-26)20-12-9-15-22(16-20)28-21-13-7-4-8-14-21/h3-16,18,23-24H,1-2H3/t23-,24+/m1/s1. The topological polar surface area (TPSA) is 59.3 Å². The van der Waals surface area contributed by atoms with E-state index in [9.17, 15) is 10.1 Å². The zero-order valence-corrected chi connectivity index (χ0v) is 16.5. The number of esters is 1. The van der Waals surface area contributed by atoms with Crippen LogP contribution in [0, 0.1) is 17.2 Å². The van der Waals surface area contributed by atoms with Gasteiger partial charge in [0.15, 0.2) is 0 Å². The van der Waals surface area contributed by atoms with E-state index >= 15 is 0 Å². The molecule has 4 nitrogen and oxygen atoms in total. The highest BCUT2D eigenvalue weighted by Crippen LogP contribution is 2.30. The highest BCUT2D eigenvalue weighted by atomic mass is 16.5. The van der Waals surface area contributed by atoms with E-state index in [1.807, 2.05) is 74.5 Å².